The van der Waals surface area contributed by atoms with Crippen LogP contribution in [0.3, 0.4) is 0 Å². The second kappa shape index (κ2) is 11.8. The van der Waals surface area contributed by atoms with Crippen molar-refractivity contribution in [3.63, 3.8) is 0 Å². The van der Waals surface area contributed by atoms with Crippen LogP contribution in [0.1, 0.15) is 41.2 Å². The molecule has 1 unspecified atom stereocenters. The van der Waals surface area contributed by atoms with Gasteiger partial charge in [-0.2, -0.15) is 11.3 Å². The van der Waals surface area contributed by atoms with Gasteiger partial charge in [0.05, 0.1) is 0 Å². The Balaban J connectivity index is 1.30. The lowest BCUT2D eigenvalue weighted by atomic mass is 10.0. The SMILES string of the molecule is CN1CCN(CCCNC(=O)CCCNC(=O)c2ccsc2)C(c2ccccc2)C1. The number of thiophene rings is 1. The number of likely N-dealkylation sites (N-methyl/N-ethyl adjacent to an activating group) is 1. The molecule has 6 nitrogen and oxygen atoms in total. The Kier molecular flexibility index (Phi) is 8.86. The van der Waals surface area contributed by atoms with Crippen molar-refractivity contribution in [3.05, 3.63) is 58.3 Å². The molecule has 7 heteroatoms. The number of carbonyl (C=O) groups is 2. The van der Waals surface area contributed by atoms with E-state index in [1.54, 1.807) is 6.07 Å². The lowest BCUT2D eigenvalue weighted by Crippen LogP contribution is -2.47. The van der Waals surface area contributed by atoms with E-state index in [4.69, 9.17) is 0 Å². The summed E-state index contributed by atoms with van der Waals surface area (Å²) in [5, 5.41) is 9.57. The summed E-state index contributed by atoms with van der Waals surface area (Å²) in [5.41, 5.74) is 2.04. The van der Waals surface area contributed by atoms with Crippen LogP contribution in [0.15, 0.2) is 47.2 Å². The third-order valence-corrected chi connectivity index (χ3v) is 6.16. The van der Waals surface area contributed by atoms with Gasteiger partial charge < -0.3 is 15.5 Å². The molecule has 1 atom stereocenters. The van der Waals surface area contributed by atoms with E-state index in [-0.39, 0.29) is 11.8 Å². The third-order valence-electron chi connectivity index (χ3n) is 5.47. The number of nitrogens with zero attached hydrogens (tertiary/aromatic N) is 2. The number of rotatable bonds is 10. The van der Waals surface area contributed by atoms with Gasteiger partial charge in [0.2, 0.25) is 5.91 Å². The number of hydrogen-bond donors (Lipinski definition) is 2. The maximum absolute atomic E-state index is 12.1. The first-order valence-electron chi connectivity index (χ1n) is 10.7. The molecule has 30 heavy (non-hydrogen) atoms. The highest BCUT2D eigenvalue weighted by Gasteiger charge is 2.25. The van der Waals surface area contributed by atoms with Crippen molar-refractivity contribution in [2.24, 2.45) is 0 Å². The molecule has 0 bridgehead atoms. The van der Waals surface area contributed by atoms with Crippen molar-refractivity contribution in [1.29, 1.82) is 0 Å². The Labute approximate surface area is 183 Å². The Hall–Kier alpha value is -2.22. The van der Waals surface area contributed by atoms with Gasteiger partial charge in [-0.05, 0) is 36.9 Å². The molecule has 2 heterocycles. The van der Waals surface area contributed by atoms with Crippen LogP contribution in [0.25, 0.3) is 0 Å². The number of nitrogens with one attached hydrogen (secondary N) is 2. The average molecular weight is 429 g/mol. The van der Waals surface area contributed by atoms with Crippen LogP contribution >= 0.6 is 11.3 Å². The molecule has 1 aliphatic heterocycles. The molecule has 1 saturated heterocycles. The third kappa shape index (κ3) is 6.93. The standard InChI is InChI=1S/C23H32N4O2S/c1-26-14-15-27(21(17-26)19-7-3-2-4-8-19)13-6-12-24-22(28)9-5-11-25-23(29)20-10-16-30-18-20/h2-4,7-8,10,16,18,21H,5-6,9,11-15,17H2,1H3,(H,24,28)(H,25,29). The molecule has 0 spiro atoms. The summed E-state index contributed by atoms with van der Waals surface area (Å²) in [7, 11) is 2.18. The summed E-state index contributed by atoms with van der Waals surface area (Å²) in [6.07, 6.45) is 2.02. The molecule has 162 valence electrons. The average Bonchev–Trinajstić information content (AvgIpc) is 3.31. The van der Waals surface area contributed by atoms with Crippen LogP contribution in [0.2, 0.25) is 0 Å². The Morgan fingerprint density at radius 3 is 2.63 bits per heavy atom. The highest BCUT2D eigenvalue weighted by molar-refractivity contribution is 7.08. The van der Waals surface area contributed by atoms with Crippen molar-refractivity contribution < 1.29 is 9.59 Å². The maximum atomic E-state index is 12.1. The van der Waals surface area contributed by atoms with E-state index >= 15 is 0 Å². The van der Waals surface area contributed by atoms with Crippen LogP contribution in [-0.4, -0.2) is 67.9 Å². The number of hydrogen-bond acceptors (Lipinski definition) is 5. The lowest BCUT2D eigenvalue weighted by Gasteiger charge is -2.40. The van der Waals surface area contributed by atoms with Gasteiger partial charge in [0.25, 0.3) is 5.91 Å². The van der Waals surface area contributed by atoms with Crippen LogP contribution in [-0.2, 0) is 4.79 Å². The fourth-order valence-corrected chi connectivity index (χ4v) is 4.40. The minimum Gasteiger partial charge on any atom is -0.356 e. The molecular weight excluding hydrogens is 396 g/mol. The van der Waals surface area contributed by atoms with Crippen LogP contribution in [0.4, 0.5) is 0 Å². The topological polar surface area (TPSA) is 64.7 Å². The van der Waals surface area contributed by atoms with E-state index in [0.29, 0.717) is 37.5 Å². The molecule has 3 rings (SSSR count). The lowest BCUT2D eigenvalue weighted by molar-refractivity contribution is -0.121. The molecule has 0 saturated carbocycles. The smallest absolute Gasteiger partial charge is 0.252 e. The molecule has 1 aromatic heterocycles. The van der Waals surface area contributed by atoms with Crippen molar-refractivity contribution in [1.82, 2.24) is 20.4 Å². The van der Waals surface area contributed by atoms with E-state index < -0.39 is 0 Å². The predicted molar refractivity (Wildman–Crippen MR) is 122 cm³/mol. The predicted octanol–water partition coefficient (Wildman–Crippen LogP) is 2.75. The van der Waals surface area contributed by atoms with Gasteiger partial charge in [-0.15, -0.1) is 0 Å². The van der Waals surface area contributed by atoms with E-state index in [1.165, 1.54) is 16.9 Å². The van der Waals surface area contributed by atoms with E-state index in [1.807, 2.05) is 10.8 Å². The van der Waals surface area contributed by atoms with E-state index in [2.05, 4.69) is 57.8 Å². The largest absolute Gasteiger partial charge is 0.356 e. The van der Waals surface area contributed by atoms with E-state index in [9.17, 15) is 9.59 Å². The number of carbonyl (C=O) groups excluding carboxylic acids is 2. The first kappa shape index (κ1) is 22.5. The number of amides is 2. The zero-order chi connectivity index (χ0) is 21.2. The summed E-state index contributed by atoms with van der Waals surface area (Å²) in [6.45, 7) is 5.34. The normalized spacial score (nSPS) is 17.6. The van der Waals surface area contributed by atoms with Crippen molar-refractivity contribution in [2.45, 2.75) is 25.3 Å². The first-order valence-corrected chi connectivity index (χ1v) is 11.6. The maximum Gasteiger partial charge on any atom is 0.252 e. The molecular formula is C23H32N4O2S. The first-order chi connectivity index (χ1) is 14.6. The van der Waals surface area contributed by atoms with Gasteiger partial charge in [-0.1, -0.05) is 30.3 Å². The Morgan fingerprint density at radius 2 is 1.87 bits per heavy atom. The quantitative estimate of drug-likeness (QED) is 0.571. The molecule has 1 aromatic carbocycles. The van der Waals surface area contributed by atoms with Crippen molar-refractivity contribution >= 4 is 23.2 Å². The van der Waals surface area contributed by atoms with Gasteiger partial charge in [0.1, 0.15) is 0 Å². The van der Waals surface area contributed by atoms with Gasteiger partial charge in [0, 0.05) is 62.7 Å². The van der Waals surface area contributed by atoms with Crippen molar-refractivity contribution in [3.8, 4) is 0 Å². The fraction of sp³-hybridized carbons (Fsp3) is 0.478. The summed E-state index contributed by atoms with van der Waals surface area (Å²) in [4.78, 5) is 28.8. The van der Waals surface area contributed by atoms with Gasteiger partial charge in [0.15, 0.2) is 0 Å². The van der Waals surface area contributed by atoms with Gasteiger partial charge in [-0.3, -0.25) is 14.5 Å². The van der Waals surface area contributed by atoms with Gasteiger partial charge >= 0.3 is 0 Å². The zero-order valence-corrected chi connectivity index (χ0v) is 18.5. The monoisotopic (exact) mass is 428 g/mol. The molecule has 1 fully saturated rings. The van der Waals surface area contributed by atoms with Crippen LogP contribution in [0, 0.1) is 0 Å². The Morgan fingerprint density at radius 1 is 1.07 bits per heavy atom. The molecule has 2 N–H and O–H groups in total. The summed E-state index contributed by atoms with van der Waals surface area (Å²) in [5.74, 6) is -0.0189. The van der Waals surface area contributed by atoms with Crippen LogP contribution < -0.4 is 10.6 Å². The zero-order valence-electron chi connectivity index (χ0n) is 17.7. The molecule has 0 aliphatic carbocycles. The van der Waals surface area contributed by atoms with Gasteiger partial charge in [-0.25, -0.2) is 0 Å². The van der Waals surface area contributed by atoms with Crippen molar-refractivity contribution in [2.75, 3.05) is 46.3 Å². The highest BCUT2D eigenvalue weighted by atomic mass is 32.1. The molecule has 2 amide bonds. The molecule has 1 aliphatic rings. The summed E-state index contributed by atoms with van der Waals surface area (Å²) < 4.78 is 0. The number of piperazine rings is 1. The number of benzene rings is 1. The second-order valence-corrected chi connectivity index (χ2v) is 8.58. The summed E-state index contributed by atoms with van der Waals surface area (Å²) in [6, 6.07) is 12.9. The highest BCUT2D eigenvalue weighted by Crippen LogP contribution is 2.24. The Bertz CT molecular complexity index is 782. The molecule has 2 aromatic rings. The van der Waals surface area contributed by atoms with E-state index in [0.717, 1.165) is 32.6 Å². The fourth-order valence-electron chi connectivity index (χ4n) is 3.76. The minimum absolute atomic E-state index is 0.0535. The minimum atomic E-state index is -0.0724. The van der Waals surface area contributed by atoms with Crippen LogP contribution in [0.5, 0.6) is 0 Å². The molecule has 0 radical (unpaired) electrons. The second-order valence-electron chi connectivity index (χ2n) is 7.80. The summed E-state index contributed by atoms with van der Waals surface area (Å²) >= 11 is 1.50.